The maximum atomic E-state index is 13.0. The summed E-state index contributed by atoms with van der Waals surface area (Å²) >= 11 is 12.3. The van der Waals surface area contributed by atoms with Gasteiger partial charge in [-0.2, -0.15) is 0 Å². The summed E-state index contributed by atoms with van der Waals surface area (Å²) in [5.74, 6) is 1.09. The predicted octanol–water partition coefficient (Wildman–Crippen LogP) is 3.40. The molecule has 138 valence electrons. The highest BCUT2D eigenvalue weighted by atomic mass is 35.5. The van der Waals surface area contributed by atoms with Crippen molar-refractivity contribution in [1.82, 2.24) is 24.6 Å². The van der Waals surface area contributed by atoms with E-state index in [9.17, 15) is 9.90 Å². The Balaban J connectivity index is 1.67. The molecule has 3 aromatic rings. The number of fused-ring (bicyclic) bond motifs is 1. The molecule has 0 saturated heterocycles. The highest BCUT2D eigenvalue weighted by Gasteiger charge is 2.32. The average molecular weight is 404 g/mol. The number of hydrogen-bond acceptors (Lipinski definition) is 5. The summed E-state index contributed by atoms with van der Waals surface area (Å²) in [6.45, 7) is 2.73. The van der Waals surface area contributed by atoms with Crippen molar-refractivity contribution >= 4 is 29.1 Å². The van der Waals surface area contributed by atoms with Gasteiger partial charge in [0.1, 0.15) is 11.4 Å². The zero-order chi connectivity index (χ0) is 19.1. The van der Waals surface area contributed by atoms with Crippen molar-refractivity contribution in [1.29, 1.82) is 0 Å². The van der Waals surface area contributed by atoms with Crippen LogP contribution in [0.3, 0.4) is 0 Å². The first-order valence-corrected chi connectivity index (χ1v) is 9.03. The van der Waals surface area contributed by atoms with E-state index in [-0.39, 0.29) is 29.3 Å². The number of aromatic nitrogens is 4. The summed E-state index contributed by atoms with van der Waals surface area (Å²) in [7, 11) is 0. The highest BCUT2D eigenvalue weighted by Crippen LogP contribution is 2.30. The van der Waals surface area contributed by atoms with Crippen LogP contribution in [0, 0.1) is 0 Å². The second kappa shape index (κ2) is 6.83. The Kier molecular flexibility index (Phi) is 4.49. The molecule has 27 heavy (non-hydrogen) atoms. The van der Waals surface area contributed by atoms with Gasteiger partial charge in [0, 0.05) is 24.8 Å². The van der Waals surface area contributed by atoms with Gasteiger partial charge in [-0.25, -0.2) is 0 Å². The van der Waals surface area contributed by atoms with Crippen LogP contribution in [0.2, 0.25) is 10.0 Å². The van der Waals surface area contributed by atoms with E-state index < -0.39 is 0 Å². The van der Waals surface area contributed by atoms with E-state index in [4.69, 9.17) is 23.2 Å². The molecule has 1 atom stereocenters. The van der Waals surface area contributed by atoms with Gasteiger partial charge >= 0.3 is 0 Å². The standard InChI is InChI=1S/C18H15Cl2N5O2/c1-10-8-25-15(22-23-17(25)14-7-11(26)5-6-21-14)9-24(10)18(27)12-3-2-4-13(19)16(12)20/h2-7,10H,8-9H2,1H3,(H,21,26). The molecule has 1 unspecified atom stereocenters. The second-order valence-electron chi connectivity index (χ2n) is 6.33. The average Bonchev–Trinajstić information content (AvgIpc) is 3.05. The number of pyridine rings is 1. The minimum atomic E-state index is -0.207. The quantitative estimate of drug-likeness (QED) is 0.708. The Bertz CT molecular complexity index is 1040. The lowest BCUT2D eigenvalue weighted by molar-refractivity contribution is 0.0612. The summed E-state index contributed by atoms with van der Waals surface area (Å²) in [5.41, 5.74) is 0.887. The van der Waals surface area contributed by atoms with Crippen LogP contribution in [-0.4, -0.2) is 41.7 Å². The molecule has 1 amide bonds. The fourth-order valence-electron chi connectivity index (χ4n) is 3.14. The number of aromatic hydroxyl groups is 1. The summed E-state index contributed by atoms with van der Waals surface area (Å²) < 4.78 is 1.91. The summed E-state index contributed by atoms with van der Waals surface area (Å²) in [6, 6.07) is 7.91. The van der Waals surface area contributed by atoms with Crippen molar-refractivity contribution in [3.8, 4) is 17.3 Å². The molecule has 1 aliphatic heterocycles. The third-order valence-electron chi connectivity index (χ3n) is 4.53. The molecule has 0 aliphatic carbocycles. The molecule has 0 radical (unpaired) electrons. The van der Waals surface area contributed by atoms with Crippen molar-refractivity contribution in [3.05, 3.63) is 58.0 Å². The Morgan fingerprint density at radius 2 is 2.07 bits per heavy atom. The maximum absolute atomic E-state index is 13.0. The lowest BCUT2D eigenvalue weighted by atomic mass is 10.1. The Labute approximate surface area is 165 Å². The van der Waals surface area contributed by atoms with Gasteiger partial charge in [0.2, 0.25) is 0 Å². The van der Waals surface area contributed by atoms with Crippen molar-refractivity contribution in [2.75, 3.05) is 0 Å². The van der Waals surface area contributed by atoms with Crippen LogP contribution in [0.1, 0.15) is 23.1 Å². The van der Waals surface area contributed by atoms with E-state index in [0.29, 0.717) is 34.5 Å². The van der Waals surface area contributed by atoms with Crippen molar-refractivity contribution in [2.24, 2.45) is 0 Å². The third kappa shape index (κ3) is 3.13. The first kappa shape index (κ1) is 17.8. The van der Waals surface area contributed by atoms with Crippen LogP contribution in [0.25, 0.3) is 11.5 Å². The minimum Gasteiger partial charge on any atom is -0.508 e. The number of rotatable bonds is 2. The normalized spacial score (nSPS) is 16.3. The zero-order valence-corrected chi connectivity index (χ0v) is 15.8. The molecule has 1 aromatic carbocycles. The Hall–Kier alpha value is -2.64. The third-order valence-corrected chi connectivity index (χ3v) is 5.35. The molecule has 0 saturated carbocycles. The van der Waals surface area contributed by atoms with E-state index in [0.717, 1.165) is 0 Å². The molecular formula is C18H15Cl2N5O2. The molecule has 0 bridgehead atoms. The maximum Gasteiger partial charge on any atom is 0.256 e. The number of halogens is 2. The predicted molar refractivity (Wildman–Crippen MR) is 101 cm³/mol. The lowest BCUT2D eigenvalue weighted by Crippen LogP contribution is -2.45. The number of benzene rings is 1. The number of amides is 1. The fourth-order valence-corrected chi connectivity index (χ4v) is 3.52. The van der Waals surface area contributed by atoms with Crippen LogP contribution in [0.5, 0.6) is 5.75 Å². The van der Waals surface area contributed by atoms with Gasteiger partial charge in [-0.1, -0.05) is 29.3 Å². The minimum absolute atomic E-state index is 0.105. The van der Waals surface area contributed by atoms with Gasteiger partial charge in [-0.3, -0.25) is 9.78 Å². The molecule has 7 nitrogen and oxygen atoms in total. The molecule has 1 aliphatic rings. The van der Waals surface area contributed by atoms with Crippen LogP contribution in [0.15, 0.2) is 36.5 Å². The lowest BCUT2D eigenvalue weighted by Gasteiger charge is -2.34. The van der Waals surface area contributed by atoms with Gasteiger partial charge in [0.05, 0.1) is 22.2 Å². The molecule has 0 fully saturated rings. The number of hydrogen-bond donors (Lipinski definition) is 1. The van der Waals surface area contributed by atoms with Crippen LogP contribution >= 0.6 is 23.2 Å². The van der Waals surface area contributed by atoms with Crippen molar-refractivity contribution in [2.45, 2.75) is 26.1 Å². The van der Waals surface area contributed by atoms with Crippen LogP contribution in [-0.2, 0) is 13.1 Å². The number of carbonyl (C=O) groups excluding carboxylic acids is 1. The zero-order valence-electron chi connectivity index (χ0n) is 14.3. The van der Waals surface area contributed by atoms with Crippen molar-refractivity contribution in [3.63, 3.8) is 0 Å². The van der Waals surface area contributed by atoms with Gasteiger partial charge in [0.25, 0.3) is 5.91 Å². The number of nitrogens with zero attached hydrogens (tertiary/aromatic N) is 5. The number of carbonyl (C=O) groups is 1. The van der Waals surface area contributed by atoms with E-state index in [1.165, 1.54) is 18.3 Å². The van der Waals surface area contributed by atoms with Gasteiger partial charge in [-0.05, 0) is 25.1 Å². The molecule has 0 spiro atoms. The smallest absolute Gasteiger partial charge is 0.256 e. The van der Waals surface area contributed by atoms with Gasteiger partial charge < -0.3 is 14.6 Å². The fraction of sp³-hybridized carbons (Fsp3) is 0.222. The summed E-state index contributed by atoms with van der Waals surface area (Å²) in [6.07, 6.45) is 1.51. The van der Waals surface area contributed by atoms with Gasteiger partial charge in [-0.15, -0.1) is 10.2 Å². The van der Waals surface area contributed by atoms with Gasteiger partial charge in [0.15, 0.2) is 11.6 Å². The van der Waals surface area contributed by atoms with Crippen molar-refractivity contribution < 1.29 is 9.90 Å². The van der Waals surface area contributed by atoms with Crippen LogP contribution in [0.4, 0.5) is 0 Å². The monoisotopic (exact) mass is 403 g/mol. The van der Waals surface area contributed by atoms with E-state index in [1.807, 2.05) is 11.5 Å². The first-order valence-electron chi connectivity index (χ1n) is 8.28. The molecule has 2 aromatic heterocycles. The summed E-state index contributed by atoms with van der Waals surface area (Å²) in [4.78, 5) is 18.9. The molecule has 3 heterocycles. The summed E-state index contributed by atoms with van der Waals surface area (Å²) in [5, 5.41) is 18.7. The van der Waals surface area contributed by atoms with E-state index >= 15 is 0 Å². The SMILES string of the molecule is CC1Cn2c(nnc2-c2cc(O)ccn2)CN1C(=O)c1cccc(Cl)c1Cl. The largest absolute Gasteiger partial charge is 0.508 e. The highest BCUT2D eigenvalue weighted by molar-refractivity contribution is 6.43. The van der Waals surface area contributed by atoms with E-state index in [2.05, 4.69) is 15.2 Å². The Morgan fingerprint density at radius 1 is 1.26 bits per heavy atom. The molecular weight excluding hydrogens is 389 g/mol. The second-order valence-corrected chi connectivity index (χ2v) is 7.12. The molecule has 1 N–H and O–H groups in total. The van der Waals surface area contributed by atoms with Crippen LogP contribution < -0.4 is 0 Å². The Morgan fingerprint density at radius 3 is 2.85 bits per heavy atom. The van der Waals surface area contributed by atoms with E-state index in [1.54, 1.807) is 23.1 Å². The molecule has 4 rings (SSSR count). The first-order chi connectivity index (χ1) is 13.0. The topological polar surface area (TPSA) is 84.1 Å². The molecule has 9 heteroatoms.